The van der Waals surface area contributed by atoms with E-state index >= 15 is 0 Å². The quantitative estimate of drug-likeness (QED) is 0.699. The Balaban J connectivity index is 1.69. The highest BCUT2D eigenvalue weighted by atomic mass is 16.7. The fourth-order valence-corrected chi connectivity index (χ4v) is 4.12. The van der Waals surface area contributed by atoms with Crippen LogP contribution in [0.15, 0.2) is 54.9 Å². The summed E-state index contributed by atoms with van der Waals surface area (Å²) in [6.07, 6.45) is 7.95. The second kappa shape index (κ2) is 7.50. The first kappa shape index (κ1) is 19.1. The number of aromatic nitrogens is 1. The van der Waals surface area contributed by atoms with E-state index in [0.717, 1.165) is 6.54 Å². The molecule has 0 bridgehead atoms. The maximum atomic E-state index is 6.49. The molecule has 0 amide bonds. The molecule has 2 aromatic rings. The van der Waals surface area contributed by atoms with Crippen molar-refractivity contribution in [1.82, 2.24) is 5.06 Å². The van der Waals surface area contributed by atoms with Gasteiger partial charge in [0.1, 0.15) is 6.10 Å². The summed E-state index contributed by atoms with van der Waals surface area (Å²) in [7, 11) is 0. The Morgan fingerprint density at radius 3 is 2.12 bits per heavy atom. The summed E-state index contributed by atoms with van der Waals surface area (Å²) in [4.78, 5) is 6.49. The molecule has 0 spiro atoms. The predicted octanol–water partition coefficient (Wildman–Crippen LogP) is 5.06. The van der Waals surface area contributed by atoms with Gasteiger partial charge in [-0.1, -0.05) is 30.3 Å². The molecule has 1 saturated heterocycles. The first-order valence-corrected chi connectivity index (χ1v) is 9.78. The number of rotatable bonds is 5. The van der Waals surface area contributed by atoms with E-state index in [9.17, 15) is 0 Å². The number of hydrogen-bond donors (Lipinski definition) is 0. The fraction of sp³-hybridized carbons (Fsp3) is 0.522. The first-order valence-electron chi connectivity index (χ1n) is 9.78. The summed E-state index contributed by atoms with van der Waals surface area (Å²) >= 11 is 0. The van der Waals surface area contributed by atoms with Crippen LogP contribution in [-0.2, 0) is 11.4 Å². The van der Waals surface area contributed by atoms with Gasteiger partial charge in [-0.15, -0.1) is 0 Å². The van der Waals surface area contributed by atoms with Gasteiger partial charge in [-0.2, -0.15) is 5.06 Å². The Hall–Kier alpha value is -1.71. The highest BCUT2D eigenvalue weighted by Gasteiger charge is 2.43. The van der Waals surface area contributed by atoms with Crippen LogP contribution in [0.2, 0.25) is 0 Å². The molecule has 1 atom stereocenters. The second-order valence-corrected chi connectivity index (χ2v) is 8.81. The van der Waals surface area contributed by atoms with Crippen molar-refractivity contribution in [2.75, 3.05) is 0 Å². The molecule has 0 aliphatic carbocycles. The summed E-state index contributed by atoms with van der Waals surface area (Å²) in [5, 5.41) is 2.25. The average molecular weight is 354 g/mol. The lowest BCUT2D eigenvalue weighted by Gasteiger charge is -2.52. The van der Waals surface area contributed by atoms with Gasteiger partial charge in [-0.3, -0.25) is 4.84 Å². The Bertz CT molecular complexity index is 691. The zero-order valence-electron chi connectivity index (χ0n) is 16.9. The van der Waals surface area contributed by atoms with Crippen molar-refractivity contribution in [3.05, 3.63) is 66.0 Å². The van der Waals surface area contributed by atoms with Crippen LogP contribution in [0.3, 0.4) is 0 Å². The van der Waals surface area contributed by atoms with Gasteiger partial charge in [-0.05, 0) is 59.4 Å². The lowest BCUT2D eigenvalue weighted by Crippen LogP contribution is -2.58. The molecule has 0 saturated carbocycles. The summed E-state index contributed by atoms with van der Waals surface area (Å²) in [6, 6.07) is 14.9. The standard InChI is InChI=1S/C23H33N2O/c1-19(26-25-22(2,3)14-9-15-23(25,4)5)21-12-16-24(17-13-21)18-20-10-7-6-8-11-20/h6-8,10-13,16-17,19H,9,14-15,18H2,1-5H3/q+1. The van der Waals surface area contributed by atoms with E-state index in [1.807, 2.05) is 0 Å². The summed E-state index contributed by atoms with van der Waals surface area (Å²) in [5.74, 6) is 0. The highest BCUT2D eigenvalue weighted by Crippen LogP contribution is 2.40. The van der Waals surface area contributed by atoms with Gasteiger partial charge in [0, 0.05) is 28.8 Å². The van der Waals surface area contributed by atoms with Crippen LogP contribution in [-0.4, -0.2) is 16.1 Å². The highest BCUT2D eigenvalue weighted by molar-refractivity contribution is 5.14. The van der Waals surface area contributed by atoms with E-state index in [-0.39, 0.29) is 17.2 Å². The number of pyridine rings is 1. The third-order valence-electron chi connectivity index (χ3n) is 5.53. The first-order chi connectivity index (χ1) is 12.3. The minimum atomic E-state index is 0.0398. The minimum absolute atomic E-state index is 0.0398. The molecule has 0 N–H and O–H groups in total. The maximum Gasteiger partial charge on any atom is 0.173 e. The number of nitrogens with zero attached hydrogens (tertiary/aromatic N) is 2. The monoisotopic (exact) mass is 353 g/mol. The van der Waals surface area contributed by atoms with E-state index in [0.29, 0.717) is 0 Å². The SMILES string of the molecule is CC(ON1C(C)(C)CCCC1(C)C)c1cc[n+](Cc2ccccc2)cc1. The molecule has 1 fully saturated rings. The third-order valence-corrected chi connectivity index (χ3v) is 5.53. The number of benzene rings is 1. The smallest absolute Gasteiger partial charge is 0.173 e. The average Bonchev–Trinajstić information content (AvgIpc) is 2.59. The largest absolute Gasteiger partial charge is 0.290 e. The molecule has 1 aliphatic rings. The molecule has 3 rings (SSSR count). The van der Waals surface area contributed by atoms with Crippen LogP contribution in [0.25, 0.3) is 0 Å². The van der Waals surface area contributed by atoms with Crippen molar-refractivity contribution in [2.24, 2.45) is 0 Å². The van der Waals surface area contributed by atoms with Crippen LogP contribution in [0.5, 0.6) is 0 Å². The van der Waals surface area contributed by atoms with Crippen molar-refractivity contribution in [2.45, 2.75) is 77.6 Å². The van der Waals surface area contributed by atoms with Crippen LogP contribution in [0, 0.1) is 0 Å². The summed E-state index contributed by atoms with van der Waals surface area (Å²) in [6.45, 7) is 12.2. The maximum absolute atomic E-state index is 6.49. The molecule has 1 aromatic heterocycles. The predicted molar refractivity (Wildman–Crippen MR) is 106 cm³/mol. The molecule has 1 aliphatic heterocycles. The van der Waals surface area contributed by atoms with Gasteiger partial charge in [0.05, 0.1) is 0 Å². The second-order valence-electron chi connectivity index (χ2n) is 8.81. The Kier molecular flexibility index (Phi) is 5.50. The van der Waals surface area contributed by atoms with E-state index in [2.05, 4.69) is 99.1 Å². The zero-order valence-corrected chi connectivity index (χ0v) is 16.9. The van der Waals surface area contributed by atoms with Gasteiger partial charge < -0.3 is 0 Å². The summed E-state index contributed by atoms with van der Waals surface area (Å²) in [5.41, 5.74) is 2.66. The number of hydrogen-bond acceptors (Lipinski definition) is 2. The Labute approximate surface area is 158 Å². The van der Waals surface area contributed by atoms with E-state index in [1.165, 1.54) is 30.4 Å². The van der Waals surface area contributed by atoms with Crippen LogP contribution in [0.4, 0.5) is 0 Å². The molecule has 26 heavy (non-hydrogen) atoms. The van der Waals surface area contributed by atoms with Crippen molar-refractivity contribution in [3.8, 4) is 0 Å². The molecule has 0 radical (unpaired) electrons. The van der Waals surface area contributed by atoms with Crippen molar-refractivity contribution >= 4 is 0 Å². The van der Waals surface area contributed by atoms with E-state index < -0.39 is 0 Å². The lowest BCUT2D eigenvalue weighted by molar-refractivity contribution is -0.688. The molecule has 3 heteroatoms. The zero-order chi connectivity index (χ0) is 18.8. The molecule has 1 aromatic carbocycles. The van der Waals surface area contributed by atoms with Crippen LogP contribution in [0.1, 0.15) is 71.1 Å². The Morgan fingerprint density at radius 1 is 0.962 bits per heavy atom. The van der Waals surface area contributed by atoms with Crippen molar-refractivity contribution in [1.29, 1.82) is 0 Å². The van der Waals surface area contributed by atoms with Crippen LogP contribution >= 0.6 is 0 Å². The summed E-state index contributed by atoms with van der Waals surface area (Å²) < 4.78 is 2.21. The fourth-order valence-electron chi connectivity index (χ4n) is 4.12. The minimum Gasteiger partial charge on any atom is -0.290 e. The van der Waals surface area contributed by atoms with Gasteiger partial charge in [-0.25, -0.2) is 4.57 Å². The van der Waals surface area contributed by atoms with Gasteiger partial charge in [0.2, 0.25) is 0 Å². The van der Waals surface area contributed by atoms with Gasteiger partial charge >= 0.3 is 0 Å². The molecule has 1 unspecified atom stereocenters. The normalized spacial score (nSPS) is 20.7. The third kappa shape index (κ3) is 4.33. The molecular formula is C23H33N2O+. The Morgan fingerprint density at radius 2 is 1.54 bits per heavy atom. The van der Waals surface area contributed by atoms with Gasteiger partial charge in [0.25, 0.3) is 0 Å². The molecule has 2 heterocycles. The topological polar surface area (TPSA) is 16.4 Å². The van der Waals surface area contributed by atoms with Gasteiger partial charge in [0.15, 0.2) is 18.9 Å². The number of hydroxylamine groups is 2. The molecular weight excluding hydrogens is 320 g/mol. The van der Waals surface area contributed by atoms with E-state index in [4.69, 9.17) is 4.84 Å². The van der Waals surface area contributed by atoms with E-state index in [1.54, 1.807) is 0 Å². The van der Waals surface area contributed by atoms with Crippen molar-refractivity contribution < 1.29 is 9.40 Å². The molecule has 140 valence electrons. The van der Waals surface area contributed by atoms with Crippen LogP contribution < -0.4 is 4.57 Å². The molecule has 3 nitrogen and oxygen atoms in total. The lowest BCUT2D eigenvalue weighted by atomic mass is 9.82. The number of piperidine rings is 1. The van der Waals surface area contributed by atoms with Crippen molar-refractivity contribution in [3.63, 3.8) is 0 Å².